The summed E-state index contributed by atoms with van der Waals surface area (Å²) in [5.74, 6) is -1.26. The number of carbonyl (C=O) groups excluding carboxylic acids is 3. The van der Waals surface area contributed by atoms with E-state index in [1.54, 1.807) is 12.3 Å². The summed E-state index contributed by atoms with van der Waals surface area (Å²) in [6, 6.07) is 9.17. The van der Waals surface area contributed by atoms with Crippen LogP contribution in [0.4, 0.5) is 0 Å². The van der Waals surface area contributed by atoms with E-state index in [4.69, 9.17) is 0 Å². The minimum Gasteiger partial charge on any atom is -0.469 e. The molecule has 2 amide bonds. The molecular weight excluding hydrogens is 298 g/mol. The lowest BCUT2D eigenvalue weighted by Gasteiger charge is -2.07. The number of esters is 1. The van der Waals surface area contributed by atoms with Crippen molar-refractivity contribution in [2.24, 2.45) is 0 Å². The van der Waals surface area contributed by atoms with Crippen LogP contribution in [0.3, 0.4) is 0 Å². The van der Waals surface area contributed by atoms with Crippen molar-refractivity contribution in [2.45, 2.75) is 19.3 Å². The molecule has 7 nitrogen and oxygen atoms in total. The van der Waals surface area contributed by atoms with E-state index in [-0.39, 0.29) is 30.4 Å². The summed E-state index contributed by atoms with van der Waals surface area (Å²) in [6.07, 6.45) is 2.22. The molecule has 23 heavy (non-hydrogen) atoms. The summed E-state index contributed by atoms with van der Waals surface area (Å²) >= 11 is 0. The highest BCUT2D eigenvalue weighted by molar-refractivity contribution is 5.97. The lowest BCUT2D eigenvalue weighted by molar-refractivity contribution is -0.140. The van der Waals surface area contributed by atoms with Crippen molar-refractivity contribution < 1.29 is 19.1 Å². The lowest BCUT2D eigenvalue weighted by atomic mass is 10.1. The number of ether oxygens (including phenoxy) is 1. The van der Waals surface area contributed by atoms with Gasteiger partial charge in [0.2, 0.25) is 5.91 Å². The van der Waals surface area contributed by atoms with Crippen LogP contribution in [0.2, 0.25) is 0 Å². The molecule has 0 aliphatic carbocycles. The molecule has 1 aromatic carbocycles. The predicted molar refractivity (Wildman–Crippen MR) is 83.2 cm³/mol. The van der Waals surface area contributed by atoms with E-state index in [1.807, 2.05) is 24.3 Å². The summed E-state index contributed by atoms with van der Waals surface area (Å²) in [7, 11) is 1.29. The molecule has 0 aliphatic rings. The molecule has 0 radical (unpaired) electrons. The van der Waals surface area contributed by atoms with Crippen molar-refractivity contribution in [3.8, 4) is 0 Å². The van der Waals surface area contributed by atoms with Crippen molar-refractivity contribution in [1.82, 2.24) is 15.8 Å². The van der Waals surface area contributed by atoms with E-state index in [0.29, 0.717) is 6.42 Å². The first kappa shape index (κ1) is 16.4. The quantitative estimate of drug-likeness (QED) is 0.641. The molecule has 1 heterocycles. The molecule has 0 atom stereocenters. The number of nitrogens with zero attached hydrogens (tertiary/aromatic N) is 1. The Morgan fingerprint density at radius 2 is 1.83 bits per heavy atom. The fourth-order valence-electron chi connectivity index (χ4n) is 1.96. The first-order valence-electron chi connectivity index (χ1n) is 7.11. The SMILES string of the molecule is COC(=O)CCCC(=O)NNC(=O)c1cc2ccccc2cn1. The lowest BCUT2D eigenvalue weighted by Crippen LogP contribution is -2.41. The van der Waals surface area contributed by atoms with Crippen LogP contribution in [-0.2, 0) is 14.3 Å². The fraction of sp³-hybridized carbons (Fsp3) is 0.250. The molecule has 7 heteroatoms. The Hall–Kier alpha value is -2.96. The van der Waals surface area contributed by atoms with Crippen LogP contribution in [0.25, 0.3) is 10.8 Å². The van der Waals surface area contributed by atoms with Gasteiger partial charge in [0.25, 0.3) is 5.91 Å². The molecule has 0 fully saturated rings. The zero-order valence-electron chi connectivity index (χ0n) is 12.7. The molecule has 120 valence electrons. The average Bonchev–Trinajstić information content (AvgIpc) is 2.59. The van der Waals surface area contributed by atoms with E-state index in [0.717, 1.165) is 10.8 Å². The number of methoxy groups -OCH3 is 1. The van der Waals surface area contributed by atoms with E-state index in [1.165, 1.54) is 7.11 Å². The number of amides is 2. The van der Waals surface area contributed by atoms with Crippen molar-refractivity contribution in [2.75, 3.05) is 7.11 Å². The topological polar surface area (TPSA) is 97.4 Å². The van der Waals surface area contributed by atoms with Crippen molar-refractivity contribution in [1.29, 1.82) is 0 Å². The molecule has 2 aromatic rings. The van der Waals surface area contributed by atoms with Gasteiger partial charge in [-0.1, -0.05) is 24.3 Å². The van der Waals surface area contributed by atoms with Gasteiger partial charge in [0.05, 0.1) is 7.11 Å². The average molecular weight is 315 g/mol. The Morgan fingerprint density at radius 3 is 2.57 bits per heavy atom. The minimum atomic E-state index is -0.503. The minimum absolute atomic E-state index is 0.112. The smallest absolute Gasteiger partial charge is 0.305 e. The number of rotatable bonds is 5. The summed E-state index contributed by atoms with van der Waals surface area (Å²) in [5, 5.41) is 1.81. The molecule has 0 aliphatic heterocycles. The number of aromatic nitrogens is 1. The normalized spacial score (nSPS) is 10.1. The number of pyridine rings is 1. The third kappa shape index (κ3) is 4.77. The van der Waals surface area contributed by atoms with Crippen LogP contribution in [0.5, 0.6) is 0 Å². The number of fused-ring (bicyclic) bond motifs is 1. The number of hydrogen-bond donors (Lipinski definition) is 2. The summed E-state index contributed by atoms with van der Waals surface area (Å²) < 4.78 is 4.47. The van der Waals surface area contributed by atoms with Crippen molar-refractivity contribution in [3.63, 3.8) is 0 Å². The van der Waals surface area contributed by atoms with Crippen molar-refractivity contribution in [3.05, 3.63) is 42.2 Å². The van der Waals surface area contributed by atoms with Gasteiger partial charge in [0.15, 0.2) is 0 Å². The van der Waals surface area contributed by atoms with Crippen LogP contribution >= 0.6 is 0 Å². The van der Waals surface area contributed by atoms with Crippen LogP contribution in [-0.4, -0.2) is 29.9 Å². The number of hydrazine groups is 1. The van der Waals surface area contributed by atoms with Crippen LogP contribution in [0.15, 0.2) is 36.5 Å². The Kier molecular flexibility index (Phi) is 5.62. The maximum Gasteiger partial charge on any atom is 0.305 e. The molecule has 0 unspecified atom stereocenters. The van der Waals surface area contributed by atoms with E-state index in [9.17, 15) is 14.4 Å². The first-order chi connectivity index (χ1) is 11.1. The highest BCUT2D eigenvalue weighted by atomic mass is 16.5. The number of nitrogens with one attached hydrogen (secondary N) is 2. The van der Waals surface area contributed by atoms with E-state index >= 15 is 0 Å². The molecular formula is C16H17N3O4. The number of benzene rings is 1. The molecule has 0 saturated carbocycles. The molecule has 0 bridgehead atoms. The zero-order valence-corrected chi connectivity index (χ0v) is 12.7. The van der Waals surface area contributed by atoms with Gasteiger partial charge in [-0.05, 0) is 17.9 Å². The molecule has 1 aromatic heterocycles. The van der Waals surface area contributed by atoms with E-state index in [2.05, 4.69) is 20.6 Å². The summed E-state index contributed by atoms with van der Waals surface area (Å²) in [5.41, 5.74) is 4.80. The summed E-state index contributed by atoms with van der Waals surface area (Å²) in [6.45, 7) is 0. The van der Waals surface area contributed by atoms with Crippen LogP contribution in [0, 0.1) is 0 Å². The maximum atomic E-state index is 12.0. The monoisotopic (exact) mass is 315 g/mol. The molecule has 0 spiro atoms. The summed E-state index contributed by atoms with van der Waals surface area (Å²) in [4.78, 5) is 38.5. The standard InChI is InChI=1S/C16H17N3O4/c1-23-15(21)8-4-7-14(20)18-19-16(22)13-9-11-5-2-3-6-12(11)10-17-13/h2-3,5-6,9-10H,4,7-8H2,1H3,(H,18,20)(H,19,22). The van der Waals surface area contributed by atoms with Gasteiger partial charge in [-0.2, -0.15) is 0 Å². The fourth-order valence-corrected chi connectivity index (χ4v) is 1.96. The van der Waals surface area contributed by atoms with E-state index < -0.39 is 5.91 Å². The maximum absolute atomic E-state index is 12.0. The Bertz CT molecular complexity index is 730. The molecule has 2 N–H and O–H groups in total. The predicted octanol–water partition coefficient (Wildman–Crippen LogP) is 1.34. The zero-order chi connectivity index (χ0) is 16.7. The second-order valence-electron chi connectivity index (χ2n) is 4.85. The van der Waals surface area contributed by atoms with Crippen LogP contribution in [0.1, 0.15) is 29.8 Å². The Balaban J connectivity index is 1.83. The second-order valence-corrected chi connectivity index (χ2v) is 4.85. The van der Waals surface area contributed by atoms with Gasteiger partial charge in [0.1, 0.15) is 5.69 Å². The number of hydrogen-bond acceptors (Lipinski definition) is 5. The third-order valence-electron chi connectivity index (χ3n) is 3.19. The number of carbonyl (C=O) groups is 3. The third-order valence-corrected chi connectivity index (χ3v) is 3.19. The molecule has 2 rings (SSSR count). The highest BCUT2D eigenvalue weighted by Gasteiger charge is 2.10. The second kappa shape index (κ2) is 7.88. The van der Waals surface area contributed by atoms with Gasteiger partial charge in [-0.3, -0.25) is 30.2 Å². The van der Waals surface area contributed by atoms with Gasteiger partial charge in [-0.25, -0.2) is 0 Å². The molecule has 0 saturated heterocycles. The van der Waals surface area contributed by atoms with Gasteiger partial charge in [-0.15, -0.1) is 0 Å². The van der Waals surface area contributed by atoms with Gasteiger partial charge in [0, 0.05) is 24.4 Å². The van der Waals surface area contributed by atoms with Crippen LogP contribution < -0.4 is 10.9 Å². The van der Waals surface area contributed by atoms with Gasteiger partial charge < -0.3 is 4.74 Å². The Labute approximate surface area is 133 Å². The Morgan fingerprint density at radius 1 is 1.09 bits per heavy atom. The van der Waals surface area contributed by atoms with Crippen molar-refractivity contribution >= 4 is 28.6 Å². The largest absolute Gasteiger partial charge is 0.469 e. The first-order valence-corrected chi connectivity index (χ1v) is 7.11. The van der Waals surface area contributed by atoms with Gasteiger partial charge >= 0.3 is 5.97 Å². The highest BCUT2D eigenvalue weighted by Crippen LogP contribution is 2.13.